The summed E-state index contributed by atoms with van der Waals surface area (Å²) in [5.74, 6) is 2.05. The second-order valence-electron chi connectivity index (χ2n) is 7.62. The Kier molecular flexibility index (Phi) is 5.18. The summed E-state index contributed by atoms with van der Waals surface area (Å²) in [5.41, 5.74) is 8.50. The molecule has 4 aromatic rings. The summed E-state index contributed by atoms with van der Waals surface area (Å²) in [6.45, 7) is 4.50. The summed E-state index contributed by atoms with van der Waals surface area (Å²) >= 11 is 0. The molecule has 0 aliphatic carbocycles. The van der Waals surface area contributed by atoms with Crippen LogP contribution in [0.25, 0.3) is 22.4 Å². The van der Waals surface area contributed by atoms with Crippen molar-refractivity contribution in [2.75, 3.05) is 18.4 Å². The van der Waals surface area contributed by atoms with Crippen molar-refractivity contribution in [3.63, 3.8) is 0 Å². The van der Waals surface area contributed by atoms with Crippen LogP contribution >= 0.6 is 0 Å². The molecular formula is C23H24N6O3S. The second kappa shape index (κ2) is 8.05. The van der Waals surface area contributed by atoms with E-state index in [9.17, 15) is 8.42 Å². The molecule has 1 aliphatic heterocycles. The van der Waals surface area contributed by atoms with Gasteiger partial charge in [-0.2, -0.15) is 4.31 Å². The van der Waals surface area contributed by atoms with Crippen LogP contribution in [0.2, 0.25) is 0 Å². The number of nitrogens with zero attached hydrogens (tertiary/aromatic N) is 4. The van der Waals surface area contributed by atoms with Gasteiger partial charge in [0.15, 0.2) is 12.1 Å². The zero-order valence-electron chi connectivity index (χ0n) is 18.3. The van der Waals surface area contributed by atoms with Gasteiger partial charge in [-0.1, -0.05) is 26.0 Å². The molecule has 0 radical (unpaired) electrons. The van der Waals surface area contributed by atoms with Gasteiger partial charge in [0.1, 0.15) is 11.5 Å². The number of imidazole rings is 1. The first-order chi connectivity index (χ1) is 15.9. The number of para-hydroxylation sites is 2. The highest BCUT2D eigenvalue weighted by molar-refractivity contribution is 7.89. The first-order valence-corrected chi connectivity index (χ1v) is 12.1. The first kappa shape index (κ1) is 21.2. The third-order valence-electron chi connectivity index (χ3n) is 5.70. The number of sulfonamides is 1. The molecule has 5 rings (SSSR count). The zero-order chi connectivity index (χ0) is 23.2. The summed E-state index contributed by atoms with van der Waals surface area (Å²) in [5, 5.41) is 3.00. The molecule has 3 heterocycles. The highest BCUT2D eigenvalue weighted by Gasteiger charge is 2.28. The van der Waals surface area contributed by atoms with Crippen LogP contribution in [0.3, 0.4) is 0 Å². The number of guanidine groups is 1. The monoisotopic (exact) mass is 464 g/mol. The molecule has 0 bridgehead atoms. The number of rotatable bonds is 6. The highest BCUT2D eigenvalue weighted by atomic mass is 32.2. The number of nitrogens with one attached hydrogen (secondary N) is 1. The summed E-state index contributed by atoms with van der Waals surface area (Å²) in [6.07, 6.45) is -0.510. The lowest BCUT2D eigenvalue weighted by Gasteiger charge is -2.21. The van der Waals surface area contributed by atoms with Crippen molar-refractivity contribution in [2.24, 2.45) is 10.7 Å². The van der Waals surface area contributed by atoms with Gasteiger partial charge < -0.3 is 10.2 Å². The normalized spacial score (nSPS) is 16.0. The SMILES string of the molecule is CCN(CC)S(=O)(=O)c1ccc(-c2ccc(C3N=C(N)Nc4nc5ccccc5n43)o2)cc1. The second-order valence-corrected chi connectivity index (χ2v) is 9.56. The van der Waals surface area contributed by atoms with Crippen molar-refractivity contribution in [3.05, 3.63) is 66.4 Å². The molecule has 2 aromatic carbocycles. The average molecular weight is 465 g/mol. The smallest absolute Gasteiger partial charge is 0.243 e. The predicted octanol–water partition coefficient (Wildman–Crippen LogP) is 3.61. The molecule has 3 N–H and O–H groups in total. The van der Waals surface area contributed by atoms with Gasteiger partial charge in [0.25, 0.3) is 0 Å². The van der Waals surface area contributed by atoms with Gasteiger partial charge in [0.05, 0.1) is 15.9 Å². The molecule has 9 nitrogen and oxygen atoms in total. The molecule has 0 spiro atoms. The van der Waals surface area contributed by atoms with E-state index in [1.54, 1.807) is 24.3 Å². The fourth-order valence-electron chi connectivity index (χ4n) is 4.06. The number of benzene rings is 2. The Bertz CT molecular complexity index is 1450. The summed E-state index contributed by atoms with van der Waals surface area (Å²) in [7, 11) is -3.51. The number of furan rings is 1. The van der Waals surface area contributed by atoms with E-state index in [4.69, 9.17) is 10.2 Å². The van der Waals surface area contributed by atoms with Crippen LogP contribution in [-0.2, 0) is 10.0 Å². The number of hydrogen-bond donors (Lipinski definition) is 2. The molecule has 33 heavy (non-hydrogen) atoms. The predicted molar refractivity (Wildman–Crippen MR) is 127 cm³/mol. The van der Waals surface area contributed by atoms with E-state index >= 15 is 0 Å². The zero-order valence-corrected chi connectivity index (χ0v) is 19.1. The minimum atomic E-state index is -3.51. The van der Waals surface area contributed by atoms with Gasteiger partial charge >= 0.3 is 0 Å². The maximum absolute atomic E-state index is 12.7. The van der Waals surface area contributed by atoms with Gasteiger partial charge in [-0.3, -0.25) is 9.88 Å². The number of nitrogens with two attached hydrogens (primary N) is 1. The lowest BCUT2D eigenvalue weighted by molar-refractivity contribution is 0.445. The largest absolute Gasteiger partial charge is 0.457 e. The maximum Gasteiger partial charge on any atom is 0.243 e. The van der Waals surface area contributed by atoms with Crippen molar-refractivity contribution >= 4 is 33.0 Å². The average Bonchev–Trinajstić information content (AvgIpc) is 3.44. The van der Waals surface area contributed by atoms with Crippen molar-refractivity contribution in [3.8, 4) is 11.3 Å². The van der Waals surface area contributed by atoms with E-state index in [-0.39, 0.29) is 10.9 Å². The number of fused-ring (bicyclic) bond motifs is 3. The van der Waals surface area contributed by atoms with Crippen LogP contribution in [0, 0.1) is 0 Å². The number of aliphatic imine (C=N–C) groups is 1. The molecule has 1 atom stereocenters. The quantitative estimate of drug-likeness (QED) is 0.450. The van der Waals surface area contributed by atoms with Gasteiger partial charge in [0, 0.05) is 18.7 Å². The maximum atomic E-state index is 12.7. The highest BCUT2D eigenvalue weighted by Crippen LogP contribution is 2.35. The van der Waals surface area contributed by atoms with E-state index in [1.807, 2.05) is 54.8 Å². The molecule has 0 amide bonds. The molecule has 1 unspecified atom stereocenters. The van der Waals surface area contributed by atoms with Crippen molar-refractivity contribution < 1.29 is 12.8 Å². The number of anilines is 1. The summed E-state index contributed by atoms with van der Waals surface area (Å²) in [4.78, 5) is 9.39. The van der Waals surface area contributed by atoms with Crippen LogP contribution in [0.15, 0.2) is 75.0 Å². The fourth-order valence-corrected chi connectivity index (χ4v) is 5.52. The van der Waals surface area contributed by atoms with Gasteiger partial charge in [-0.05, 0) is 48.5 Å². The third kappa shape index (κ3) is 3.57. The fraction of sp³-hybridized carbons (Fsp3) is 0.217. The van der Waals surface area contributed by atoms with E-state index in [1.165, 1.54) is 4.31 Å². The summed E-state index contributed by atoms with van der Waals surface area (Å²) in [6, 6.07) is 18.2. The van der Waals surface area contributed by atoms with E-state index in [0.717, 1.165) is 16.6 Å². The van der Waals surface area contributed by atoms with Crippen molar-refractivity contribution in [2.45, 2.75) is 24.9 Å². The molecule has 0 saturated heterocycles. The Balaban J connectivity index is 1.49. The minimum absolute atomic E-state index is 0.256. The van der Waals surface area contributed by atoms with E-state index in [2.05, 4.69) is 15.3 Å². The topological polar surface area (TPSA) is 119 Å². The van der Waals surface area contributed by atoms with Crippen LogP contribution in [0.1, 0.15) is 25.8 Å². The van der Waals surface area contributed by atoms with Crippen LogP contribution < -0.4 is 11.1 Å². The molecule has 1 aliphatic rings. The Morgan fingerprint density at radius 2 is 1.79 bits per heavy atom. The third-order valence-corrected chi connectivity index (χ3v) is 7.77. The minimum Gasteiger partial charge on any atom is -0.457 e. The molecule has 170 valence electrons. The Hall–Kier alpha value is -3.63. The molecule has 2 aromatic heterocycles. The Morgan fingerprint density at radius 3 is 2.52 bits per heavy atom. The van der Waals surface area contributed by atoms with Gasteiger partial charge in [-0.15, -0.1) is 0 Å². The van der Waals surface area contributed by atoms with E-state index in [0.29, 0.717) is 30.6 Å². The van der Waals surface area contributed by atoms with Gasteiger partial charge in [-0.25, -0.2) is 18.4 Å². The molecule has 0 saturated carbocycles. The number of aromatic nitrogens is 2. The van der Waals surface area contributed by atoms with E-state index < -0.39 is 16.2 Å². The van der Waals surface area contributed by atoms with Crippen molar-refractivity contribution in [1.82, 2.24) is 13.9 Å². The lowest BCUT2D eigenvalue weighted by Crippen LogP contribution is -2.31. The standard InChI is InChI=1S/C23H24N6O3S/c1-3-28(4-2)33(30,31)16-11-9-15(10-12-16)19-13-14-20(32-19)21-26-22(24)27-23-25-17-7-5-6-8-18(17)29(21)23/h5-14,21H,3-4H2,1-2H3,(H3,24,25,26,27). The van der Waals surface area contributed by atoms with Crippen LogP contribution in [0.5, 0.6) is 0 Å². The molecule has 10 heteroatoms. The molecule has 0 fully saturated rings. The van der Waals surface area contributed by atoms with Gasteiger partial charge in [0.2, 0.25) is 16.0 Å². The summed E-state index contributed by atoms with van der Waals surface area (Å²) < 4.78 is 35.0. The Labute approximate surface area is 191 Å². The van der Waals surface area contributed by atoms with Crippen molar-refractivity contribution in [1.29, 1.82) is 0 Å². The number of hydrogen-bond acceptors (Lipinski definition) is 7. The first-order valence-electron chi connectivity index (χ1n) is 10.7. The Morgan fingerprint density at radius 1 is 1.06 bits per heavy atom. The van der Waals surface area contributed by atoms with Crippen LogP contribution in [0.4, 0.5) is 5.95 Å². The van der Waals surface area contributed by atoms with Crippen LogP contribution in [-0.4, -0.2) is 41.3 Å². The lowest BCUT2D eigenvalue weighted by atomic mass is 10.2. The molecular weight excluding hydrogens is 440 g/mol.